The van der Waals surface area contributed by atoms with Crippen LogP contribution in [0.25, 0.3) is 0 Å². The van der Waals surface area contributed by atoms with Crippen molar-refractivity contribution in [3.05, 3.63) is 29.3 Å². The second kappa shape index (κ2) is 4.58. The lowest BCUT2D eigenvalue weighted by atomic mass is 10.1. The van der Waals surface area contributed by atoms with Crippen LogP contribution in [-0.2, 0) is 0 Å². The molecular formula is C11H18NSi. The predicted octanol–water partition coefficient (Wildman–Crippen LogP) is 1.52. The monoisotopic (exact) mass is 192 g/mol. The van der Waals surface area contributed by atoms with Gasteiger partial charge in [-0.2, -0.15) is 0 Å². The van der Waals surface area contributed by atoms with Crippen molar-refractivity contribution < 1.29 is 0 Å². The van der Waals surface area contributed by atoms with Crippen molar-refractivity contribution in [2.45, 2.75) is 26.8 Å². The van der Waals surface area contributed by atoms with Crippen molar-refractivity contribution in [2.75, 3.05) is 6.17 Å². The first kappa shape index (κ1) is 10.5. The first-order valence-corrected chi connectivity index (χ1v) is 6.73. The zero-order valence-electron chi connectivity index (χ0n) is 8.72. The van der Waals surface area contributed by atoms with E-state index in [9.17, 15) is 0 Å². The molecule has 0 atom stereocenters. The molecule has 0 heterocycles. The molecule has 0 unspecified atom stereocenters. The Bertz CT molecular complexity index is 279. The van der Waals surface area contributed by atoms with Crippen LogP contribution < -0.4 is 10.9 Å². The van der Waals surface area contributed by atoms with Crippen LogP contribution in [0.2, 0.25) is 6.04 Å². The normalized spacial score (nSPS) is 10.8. The number of nitrogens with two attached hydrogens (primary N) is 1. The highest BCUT2D eigenvalue weighted by Gasteiger charge is 2.12. The van der Waals surface area contributed by atoms with Gasteiger partial charge in [-0.15, -0.1) is 0 Å². The van der Waals surface area contributed by atoms with Crippen LogP contribution in [0, 0.1) is 13.8 Å². The average Bonchev–Trinajstić information content (AvgIpc) is 2.14. The highest BCUT2D eigenvalue weighted by molar-refractivity contribution is 6.73. The molecule has 0 fully saturated rings. The van der Waals surface area contributed by atoms with Crippen LogP contribution in [0.1, 0.15) is 18.1 Å². The van der Waals surface area contributed by atoms with Crippen molar-refractivity contribution >= 4 is 14.0 Å². The summed E-state index contributed by atoms with van der Waals surface area (Å²) < 4.78 is 0. The molecule has 0 amide bonds. The average molecular weight is 192 g/mol. The number of hydrogen-bond acceptors (Lipinski definition) is 1. The lowest BCUT2D eigenvalue weighted by Gasteiger charge is -2.15. The summed E-state index contributed by atoms with van der Waals surface area (Å²) in [6.07, 6.45) is 0.853. The molecule has 1 nitrogen and oxygen atoms in total. The number of rotatable bonds is 3. The third kappa shape index (κ3) is 2.20. The van der Waals surface area contributed by atoms with Gasteiger partial charge in [0.05, 0.1) is 0 Å². The van der Waals surface area contributed by atoms with E-state index in [1.54, 1.807) is 0 Å². The standard InChI is InChI=1S/C11H18NSi/c1-4-13(8-12)11-7-5-6-9(2)10(11)3/h5-7H,4,8,12H2,1-3H3. The first-order chi connectivity index (χ1) is 6.20. The van der Waals surface area contributed by atoms with E-state index in [1.165, 1.54) is 22.4 Å². The Hall–Kier alpha value is -0.603. The summed E-state index contributed by atoms with van der Waals surface area (Å²) in [7, 11) is -0.475. The molecule has 1 rings (SSSR count). The summed E-state index contributed by atoms with van der Waals surface area (Å²) in [4.78, 5) is 0. The molecule has 0 bridgehead atoms. The van der Waals surface area contributed by atoms with Crippen LogP contribution in [0.15, 0.2) is 18.2 Å². The largest absolute Gasteiger partial charge is 0.333 e. The third-order valence-corrected chi connectivity index (χ3v) is 5.31. The van der Waals surface area contributed by atoms with Crippen molar-refractivity contribution in [2.24, 2.45) is 5.73 Å². The molecule has 0 aromatic heterocycles. The fourth-order valence-electron chi connectivity index (χ4n) is 1.58. The first-order valence-electron chi connectivity index (χ1n) is 4.82. The van der Waals surface area contributed by atoms with Gasteiger partial charge in [0.15, 0.2) is 0 Å². The van der Waals surface area contributed by atoms with Gasteiger partial charge in [-0.25, -0.2) is 0 Å². The fourth-order valence-corrected chi connectivity index (χ4v) is 3.53. The van der Waals surface area contributed by atoms with E-state index >= 15 is 0 Å². The second-order valence-corrected chi connectivity index (χ2v) is 6.27. The number of benzene rings is 1. The molecule has 0 spiro atoms. The minimum Gasteiger partial charge on any atom is -0.333 e. The molecule has 0 aliphatic heterocycles. The molecule has 1 aromatic rings. The van der Waals surface area contributed by atoms with E-state index in [-0.39, 0.29) is 0 Å². The summed E-state index contributed by atoms with van der Waals surface area (Å²) in [6.45, 7) is 6.62. The van der Waals surface area contributed by atoms with E-state index in [4.69, 9.17) is 5.73 Å². The van der Waals surface area contributed by atoms with Crippen molar-refractivity contribution in [3.8, 4) is 0 Å². The molecule has 2 N–H and O–H groups in total. The van der Waals surface area contributed by atoms with Crippen LogP contribution in [0.4, 0.5) is 0 Å². The molecule has 0 saturated carbocycles. The van der Waals surface area contributed by atoms with Gasteiger partial charge < -0.3 is 5.73 Å². The Morgan fingerprint density at radius 1 is 1.31 bits per heavy atom. The van der Waals surface area contributed by atoms with E-state index in [0.29, 0.717) is 0 Å². The van der Waals surface area contributed by atoms with Gasteiger partial charge >= 0.3 is 0 Å². The van der Waals surface area contributed by atoms with Gasteiger partial charge in [-0.3, -0.25) is 0 Å². The molecule has 0 aliphatic rings. The second-order valence-electron chi connectivity index (χ2n) is 3.41. The number of aryl methyl sites for hydroxylation is 1. The van der Waals surface area contributed by atoms with E-state index < -0.39 is 8.80 Å². The molecule has 1 aromatic carbocycles. The van der Waals surface area contributed by atoms with Gasteiger partial charge in [0.25, 0.3) is 0 Å². The summed E-state index contributed by atoms with van der Waals surface area (Å²) >= 11 is 0. The van der Waals surface area contributed by atoms with E-state index in [2.05, 4.69) is 39.0 Å². The predicted molar refractivity (Wildman–Crippen MR) is 60.8 cm³/mol. The van der Waals surface area contributed by atoms with Crippen molar-refractivity contribution in [1.29, 1.82) is 0 Å². The van der Waals surface area contributed by atoms with Crippen molar-refractivity contribution in [3.63, 3.8) is 0 Å². The van der Waals surface area contributed by atoms with Gasteiger partial charge in [-0.1, -0.05) is 36.4 Å². The maximum Gasteiger partial charge on any atom is 0.101 e. The van der Waals surface area contributed by atoms with Gasteiger partial charge in [0.2, 0.25) is 0 Å². The Morgan fingerprint density at radius 3 is 2.54 bits per heavy atom. The molecular weight excluding hydrogens is 174 g/mol. The molecule has 1 radical (unpaired) electrons. The Labute approximate surface area is 82.6 Å². The maximum absolute atomic E-state index is 5.78. The lowest BCUT2D eigenvalue weighted by Crippen LogP contribution is -2.39. The maximum atomic E-state index is 5.78. The van der Waals surface area contributed by atoms with Crippen LogP contribution >= 0.6 is 0 Å². The lowest BCUT2D eigenvalue weighted by molar-refractivity contribution is 1.27. The van der Waals surface area contributed by atoms with Gasteiger partial charge in [0, 0.05) is 0 Å². The zero-order valence-corrected chi connectivity index (χ0v) is 9.72. The molecule has 0 saturated heterocycles. The highest BCUT2D eigenvalue weighted by atomic mass is 28.3. The molecule has 0 aliphatic carbocycles. The fraction of sp³-hybridized carbons (Fsp3) is 0.455. The Kier molecular flexibility index (Phi) is 3.69. The van der Waals surface area contributed by atoms with Gasteiger partial charge in [-0.05, 0) is 31.1 Å². The topological polar surface area (TPSA) is 26.0 Å². The van der Waals surface area contributed by atoms with Crippen LogP contribution in [0.5, 0.6) is 0 Å². The van der Waals surface area contributed by atoms with Crippen molar-refractivity contribution in [1.82, 2.24) is 0 Å². The summed E-state index contributed by atoms with van der Waals surface area (Å²) in [5.41, 5.74) is 8.62. The van der Waals surface area contributed by atoms with Gasteiger partial charge in [0.1, 0.15) is 8.80 Å². The minimum atomic E-state index is -0.475. The third-order valence-electron chi connectivity index (χ3n) is 2.66. The highest BCUT2D eigenvalue weighted by Crippen LogP contribution is 2.05. The minimum absolute atomic E-state index is 0.475. The Morgan fingerprint density at radius 2 is 2.00 bits per heavy atom. The number of hydrogen-bond donors (Lipinski definition) is 1. The molecule has 2 heteroatoms. The van der Waals surface area contributed by atoms with E-state index in [1.807, 2.05) is 0 Å². The smallest absolute Gasteiger partial charge is 0.101 e. The van der Waals surface area contributed by atoms with Crippen LogP contribution in [-0.4, -0.2) is 15.0 Å². The zero-order chi connectivity index (χ0) is 9.84. The summed E-state index contributed by atoms with van der Waals surface area (Å²) in [5.74, 6) is 0. The molecule has 13 heavy (non-hydrogen) atoms. The summed E-state index contributed by atoms with van der Waals surface area (Å²) in [6, 6.07) is 7.79. The SMILES string of the molecule is CC[Si](CN)c1cccc(C)c1C. The van der Waals surface area contributed by atoms with Crippen LogP contribution in [0.3, 0.4) is 0 Å². The summed E-state index contributed by atoms with van der Waals surface area (Å²) in [5, 5.41) is 1.52. The Balaban J connectivity index is 3.05. The quantitative estimate of drug-likeness (QED) is 0.722. The van der Waals surface area contributed by atoms with E-state index in [0.717, 1.165) is 6.17 Å². The molecule has 71 valence electrons.